The second-order valence-corrected chi connectivity index (χ2v) is 6.23. The largest absolute Gasteiger partial charge is 0.323 e. The number of H-pyrrole nitrogens is 1. The summed E-state index contributed by atoms with van der Waals surface area (Å²) in [6.07, 6.45) is 1.38. The van der Waals surface area contributed by atoms with Crippen LogP contribution >= 0.6 is 0 Å². The van der Waals surface area contributed by atoms with Crippen LogP contribution in [0.4, 0.5) is 10.3 Å². The molecule has 2 aromatic carbocycles. The normalized spacial score (nSPS) is 11.3. The zero-order chi connectivity index (χ0) is 15.6. The predicted molar refractivity (Wildman–Crippen MR) is 81.2 cm³/mol. The molecule has 0 unspecified atom stereocenters. The number of aromatic nitrogens is 2. The number of aromatic amines is 1. The van der Waals surface area contributed by atoms with Crippen LogP contribution < -0.4 is 4.72 Å². The minimum absolute atomic E-state index is 0.0297. The van der Waals surface area contributed by atoms with Gasteiger partial charge in [-0.25, -0.2) is 22.5 Å². The SMILES string of the molecule is O=S(=O)(Nc1ncc(-c2ccccc2F)[nH]1)c1ccccc1. The number of rotatable bonds is 4. The molecule has 3 aromatic rings. The van der Waals surface area contributed by atoms with Crippen molar-refractivity contribution >= 4 is 16.0 Å². The van der Waals surface area contributed by atoms with Gasteiger partial charge in [-0.1, -0.05) is 30.3 Å². The molecule has 1 aromatic heterocycles. The molecule has 0 spiro atoms. The molecule has 5 nitrogen and oxygen atoms in total. The van der Waals surface area contributed by atoms with E-state index in [4.69, 9.17) is 0 Å². The molecule has 7 heteroatoms. The first kappa shape index (κ1) is 14.3. The van der Waals surface area contributed by atoms with E-state index in [-0.39, 0.29) is 10.8 Å². The third kappa shape index (κ3) is 2.84. The van der Waals surface area contributed by atoms with E-state index in [0.717, 1.165) is 0 Å². The summed E-state index contributed by atoms with van der Waals surface area (Å²) in [5.41, 5.74) is 0.712. The molecule has 2 N–H and O–H groups in total. The second-order valence-electron chi connectivity index (χ2n) is 4.54. The zero-order valence-corrected chi connectivity index (χ0v) is 12.1. The molecular weight excluding hydrogens is 305 g/mol. The van der Waals surface area contributed by atoms with Crippen LogP contribution in [0.5, 0.6) is 0 Å². The number of halogens is 1. The maximum Gasteiger partial charge on any atom is 0.264 e. The van der Waals surface area contributed by atoms with Gasteiger partial charge in [0, 0.05) is 5.56 Å². The maximum absolute atomic E-state index is 13.7. The number of sulfonamides is 1. The zero-order valence-electron chi connectivity index (χ0n) is 11.3. The first-order valence-electron chi connectivity index (χ1n) is 6.44. The van der Waals surface area contributed by atoms with Gasteiger partial charge in [-0.05, 0) is 24.3 Å². The first-order chi connectivity index (χ1) is 10.6. The van der Waals surface area contributed by atoms with Crippen LogP contribution in [0.2, 0.25) is 0 Å². The molecule has 112 valence electrons. The van der Waals surface area contributed by atoms with E-state index in [1.807, 2.05) is 0 Å². The van der Waals surface area contributed by atoms with Gasteiger partial charge >= 0.3 is 0 Å². The molecule has 0 bridgehead atoms. The number of benzene rings is 2. The van der Waals surface area contributed by atoms with Crippen molar-refractivity contribution in [2.24, 2.45) is 0 Å². The van der Waals surface area contributed by atoms with E-state index in [1.54, 1.807) is 36.4 Å². The summed E-state index contributed by atoms with van der Waals surface area (Å²) in [5.74, 6) is -0.384. The number of hydrogen-bond acceptors (Lipinski definition) is 3. The standard InChI is InChI=1S/C15H12FN3O2S/c16-13-9-5-4-8-12(13)14-10-17-15(18-14)19-22(20,21)11-6-2-1-3-7-11/h1-10H,(H2,17,18,19). The summed E-state index contributed by atoms with van der Waals surface area (Å²) >= 11 is 0. The van der Waals surface area contributed by atoms with Crippen LogP contribution in [0.1, 0.15) is 0 Å². The van der Waals surface area contributed by atoms with Crippen molar-refractivity contribution < 1.29 is 12.8 Å². The molecule has 0 radical (unpaired) electrons. The number of hydrogen-bond donors (Lipinski definition) is 2. The quantitative estimate of drug-likeness (QED) is 0.776. The van der Waals surface area contributed by atoms with Crippen LogP contribution in [0.3, 0.4) is 0 Å². The number of nitrogens with zero attached hydrogens (tertiary/aromatic N) is 1. The second kappa shape index (κ2) is 5.61. The summed E-state index contributed by atoms with van der Waals surface area (Å²) in [7, 11) is -3.73. The third-order valence-corrected chi connectivity index (χ3v) is 4.38. The highest BCUT2D eigenvalue weighted by atomic mass is 32.2. The number of imidazole rings is 1. The average molecular weight is 317 g/mol. The van der Waals surface area contributed by atoms with Gasteiger partial charge in [0.2, 0.25) is 5.95 Å². The monoisotopic (exact) mass is 317 g/mol. The van der Waals surface area contributed by atoms with Crippen molar-refractivity contribution in [2.45, 2.75) is 4.90 Å². The lowest BCUT2D eigenvalue weighted by Gasteiger charge is -2.05. The summed E-state index contributed by atoms with van der Waals surface area (Å²) in [6, 6.07) is 14.1. The summed E-state index contributed by atoms with van der Waals surface area (Å²) < 4.78 is 40.4. The smallest absolute Gasteiger partial charge is 0.264 e. The number of nitrogens with one attached hydrogen (secondary N) is 2. The third-order valence-electron chi connectivity index (χ3n) is 3.02. The van der Waals surface area contributed by atoms with E-state index in [1.165, 1.54) is 24.4 Å². The summed E-state index contributed by atoms with van der Waals surface area (Å²) in [6.45, 7) is 0. The van der Waals surface area contributed by atoms with Gasteiger partial charge in [0.15, 0.2) is 0 Å². The van der Waals surface area contributed by atoms with Gasteiger partial charge in [0.05, 0.1) is 16.8 Å². The van der Waals surface area contributed by atoms with Crippen LogP contribution in [0.25, 0.3) is 11.3 Å². The van der Waals surface area contributed by atoms with Gasteiger partial charge in [0.1, 0.15) is 5.82 Å². The highest BCUT2D eigenvalue weighted by molar-refractivity contribution is 7.92. The van der Waals surface area contributed by atoms with Gasteiger partial charge in [0.25, 0.3) is 10.0 Å². The van der Waals surface area contributed by atoms with E-state index in [0.29, 0.717) is 11.3 Å². The Morgan fingerprint density at radius 3 is 2.41 bits per heavy atom. The van der Waals surface area contributed by atoms with Gasteiger partial charge < -0.3 is 4.98 Å². The molecule has 0 aliphatic rings. The van der Waals surface area contributed by atoms with Crippen LogP contribution in [-0.2, 0) is 10.0 Å². The van der Waals surface area contributed by atoms with Gasteiger partial charge in [-0.2, -0.15) is 0 Å². The van der Waals surface area contributed by atoms with E-state index in [2.05, 4.69) is 14.7 Å². The molecule has 3 rings (SSSR count). The Morgan fingerprint density at radius 2 is 1.68 bits per heavy atom. The lowest BCUT2D eigenvalue weighted by molar-refractivity contribution is 0.601. The molecule has 0 saturated heterocycles. The minimum atomic E-state index is -3.73. The van der Waals surface area contributed by atoms with Crippen LogP contribution in [0, 0.1) is 5.82 Å². The van der Waals surface area contributed by atoms with E-state index >= 15 is 0 Å². The molecule has 0 amide bonds. The van der Waals surface area contributed by atoms with Crippen LogP contribution in [-0.4, -0.2) is 18.4 Å². The van der Waals surface area contributed by atoms with E-state index in [9.17, 15) is 12.8 Å². The average Bonchev–Trinajstić information content (AvgIpc) is 2.96. The maximum atomic E-state index is 13.7. The van der Waals surface area contributed by atoms with Crippen molar-refractivity contribution in [3.05, 3.63) is 66.6 Å². The van der Waals surface area contributed by atoms with Gasteiger partial charge in [-0.15, -0.1) is 0 Å². The Hall–Kier alpha value is -2.67. The fourth-order valence-corrected chi connectivity index (χ4v) is 2.97. The lowest BCUT2D eigenvalue weighted by atomic mass is 10.1. The van der Waals surface area contributed by atoms with Crippen molar-refractivity contribution in [3.8, 4) is 11.3 Å². The fraction of sp³-hybridized carbons (Fsp3) is 0. The molecule has 22 heavy (non-hydrogen) atoms. The van der Waals surface area contributed by atoms with Crippen molar-refractivity contribution in [1.82, 2.24) is 9.97 Å². The molecule has 0 saturated carbocycles. The molecule has 0 aliphatic carbocycles. The van der Waals surface area contributed by atoms with Crippen molar-refractivity contribution in [3.63, 3.8) is 0 Å². The summed E-state index contributed by atoms with van der Waals surface area (Å²) in [4.78, 5) is 6.81. The Morgan fingerprint density at radius 1 is 1.00 bits per heavy atom. The fourth-order valence-electron chi connectivity index (χ4n) is 1.98. The van der Waals surface area contributed by atoms with Crippen molar-refractivity contribution in [2.75, 3.05) is 4.72 Å². The topological polar surface area (TPSA) is 74.8 Å². The van der Waals surface area contributed by atoms with E-state index < -0.39 is 15.8 Å². The molecule has 0 aliphatic heterocycles. The van der Waals surface area contributed by atoms with Gasteiger partial charge in [-0.3, -0.25) is 0 Å². The first-order valence-corrected chi connectivity index (χ1v) is 7.92. The highest BCUT2D eigenvalue weighted by Gasteiger charge is 2.16. The molecular formula is C15H12FN3O2S. The molecule has 0 atom stereocenters. The molecule has 1 heterocycles. The minimum Gasteiger partial charge on any atom is -0.323 e. The Bertz CT molecular complexity index is 892. The highest BCUT2D eigenvalue weighted by Crippen LogP contribution is 2.22. The number of anilines is 1. The van der Waals surface area contributed by atoms with Crippen LogP contribution in [0.15, 0.2) is 65.7 Å². The van der Waals surface area contributed by atoms with Crippen molar-refractivity contribution in [1.29, 1.82) is 0 Å². The Labute approximate surface area is 126 Å². The Kier molecular flexibility index (Phi) is 3.64. The summed E-state index contributed by atoms with van der Waals surface area (Å²) in [5, 5.41) is 0. The molecule has 0 fully saturated rings. The predicted octanol–water partition coefficient (Wildman–Crippen LogP) is 3.02. The lowest BCUT2D eigenvalue weighted by Crippen LogP contribution is -2.13. The Balaban J connectivity index is 1.88.